The van der Waals surface area contributed by atoms with Crippen LogP contribution in [0.4, 0.5) is 4.39 Å². The minimum atomic E-state index is -0.452. The van der Waals surface area contributed by atoms with E-state index in [9.17, 15) is 9.18 Å². The number of hydrogen-bond donors (Lipinski definition) is 1. The molecule has 0 spiro atoms. The highest BCUT2D eigenvalue weighted by Gasteiger charge is 2.18. The first-order valence-corrected chi connectivity index (χ1v) is 11.8. The van der Waals surface area contributed by atoms with Gasteiger partial charge in [-0.3, -0.25) is 4.79 Å². The van der Waals surface area contributed by atoms with Crippen LogP contribution in [-0.2, 0) is 11.2 Å². The highest BCUT2D eigenvalue weighted by Crippen LogP contribution is 2.33. The Bertz CT molecular complexity index is 1280. The molecule has 0 saturated heterocycles. The van der Waals surface area contributed by atoms with Crippen LogP contribution in [0.2, 0.25) is 0 Å². The van der Waals surface area contributed by atoms with Crippen molar-refractivity contribution in [2.45, 2.75) is 12.5 Å². The average Bonchev–Trinajstić information content (AvgIpc) is 3.35. The Balaban J connectivity index is 1.44. The molecule has 1 unspecified atom stereocenters. The second-order valence-corrected chi connectivity index (χ2v) is 8.52. The summed E-state index contributed by atoms with van der Waals surface area (Å²) in [4.78, 5) is 17.5. The van der Waals surface area contributed by atoms with Gasteiger partial charge in [0.1, 0.15) is 11.6 Å². The van der Waals surface area contributed by atoms with Crippen LogP contribution in [0.3, 0.4) is 0 Å². The second-order valence-electron chi connectivity index (χ2n) is 7.66. The van der Waals surface area contributed by atoms with E-state index in [4.69, 9.17) is 14.2 Å². The van der Waals surface area contributed by atoms with Crippen molar-refractivity contribution in [2.24, 2.45) is 0 Å². The number of carbonyl (C=O) groups is 1. The fourth-order valence-electron chi connectivity index (χ4n) is 3.54. The molecule has 1 amide bonds. The van der Waals surface area contributed by atoms with Crippen LogP contribution >= 0.6 is 11.3 Å². The van der Waals surface area contributed by atoms with E-state index in [0.29, 0.717) is 17.2 Å². The van der Waals surface area contributed by atoms with Gasteiger partial charge in [0.2, 0.25) is 5.91 Å². The van der Waals surface area contributed by atoms with E-state index in [0.717, 1.165) is 16.1 Å². The molecule has 0 fully saturated rings. The quantitative estimate of drug-likeness (QED) is 0.319. The van der Waals surface area contributed by atoms with Crippen LogP contribution < -0.4 is 19.5 Å². The van der Waals surface area contributed by atoms with Crippen molar-refractivity contribution in [1.29, 1.82) is 0 Å². The molecule has 35 heavy (non-hydrogen) atoms. The molecule has 8 heteroatoms. The maximum atomic E-state index is 14.0. The molecular formula is C27H25FN2O4S. The van der Waals surface area contributed by atoms with Crippen LogP contribution in [0, 0.1) is 5.82 Å². The summed E-state index contributed by atoms with van der Waals surface area (Å²) in [6.07, 6.45) is 0.104. The van der Waals surface area contributed by atoms with Gasteiger partial charge in [-0.05, 0) is 35.9 Å². The Kier molecular flexibility index (Phi) is 7.95. The molecule has 1 N–H and O–H groups in total. The SMILES string of the molecule is COc1ccc(-c2nc(CC(=O)NC(COc3ccccc3F)c3ccccc3)cs2)cc1OC. The molecule has 4 rings (SSSR count). The lowest BCUT2D eigenvalue weighted by atomic mass is 10.1. The molecule has 0 saturated carbocycles. The summed E-state index contributed by atoms with van der Waals surface area (Å²) in [6.45, 7) is 0.0879. The van der Waals surface area contributed by atoms with E-state index in [1.165, 1.54) is 17.4 Å². The summed E-state index contributed by atoms with van der Waals surface area (Å²) in [5.41, 5.74) is 2.39. The molecule has 0 radical (unpaired) electrons. The van der Waals surface area contributed by atoms with Crippen molar-refractivity contribution in [3.8, 4) is 27.8 Å². The molecule has 1 heterocycles. The predicted octanol–water partition coefficient (Wildman–Crippen LogP) is 5.45. The first-order valence-electron chi connectivity index (χ1n) is 11.0. The van der Waals surface area contributed by atoms with Crippen molar-refractivity contribution in [1.82, 2.24) is 10.3 Å². The number of thiazole rings is 1. The summed E-state index contributed by atoms with van der Waals surface area (Å²) in [6, 6.07) is 20.8. The molecule has 1 aromatic heterocycles. The lowest BCUT2D eigenvalue weighted by molar-refractivity contribution is -0.121. The molecule has 0 aliphatic rings. The molecule has 0 aliphatic heterocycles. The molecule has 6 nitrogen and oxygen atoms in total. The van der Waals surface area contributed by atoms with Crippen molar-refractivity contribution >= 4 is 17.2 Å². The zero-order valence-electron chi connectivity index (χ0n) is 19.4. The van der Waals surface area contributed by atoms with E-state index < -0.39 is 11.9 Å². The minimum Gasteiger partial charge on any atom is -0.493 e. The third kappa shape index (κ3) is 6.16. The first-order chi connectivity index (χ1) is 17.1. The van der Waals surface area contributed by atoms with Gasteiger partial charge in [-0.1, -0.05) is 42.5 Å². The van der Waals surface area contributed by atoms with Crippen LogP contribution in [-0.4, -0.2) is 31.7 Å². The number of benzene rings is 3. The molecule has 4 aromatic rings. The normalized spacial score (nSPS) is 11.5. The van der Waals surface area contributed by atoms with Gasteiger partial charge >= 0.3 is 0 Å². The monoisotopic (exact) mass is 492 g/mol. The van der Waals surface area contributed by atoms with Crippen molar-refractivity contribution in [3.05, 3.63) is 95.3 Å². The largest absolute Gasteiger partial charge is 0.493 e. The zero-order chi connectivity index (χ0) is 24.6. The number of para-hydroxylation sites is 1. The third-order valence-corrected chi connectivity index (χ3v) is 6.24. The number of hydrogen-bond acceptors (Lipinski definition) is 6. The summed E-state index contributed by atoms with van der Waals surface area (Å²) in [5, 5.41) is 5.63. The summed E-state index contributed by atoms with van der Waals surface area (Å²) < 4.78 is 30.3. The van der Waals surface area contributed by atoms with Gasteiger partial charge in [-0.25, -0.2) is 9.37 Å². The van der Waals surface area contributed by atoms with E-state index in [-0.39, 0.29) is 24.7 Å². The average molecular weight is 493 g/mol. The van der Waals surface area contributed by atoms with E-state index in [1.807, 2.05) is 53.9 Å². The highest BCUT2D eigenvalue weighted by molar-refractivity contribution is 7.13. The fourth-order valence-corrected chi connectivity index (χ4v) is 4.36. The summed E-state index contributed by atoms with van der Waals surface area (Å²) in [5.74, 6) is 0.731. The molecule has 0 bridgehead atoms. The topological polar surface area (TPSA) is 69.7 Å². The lowest BCUT2D eigenvalue weighted by Crippen LogP contribution is -2.33. The lowest BCUT2D eigenvalue weighted by Gasteiger charge is -2.20. The van der Waals surface area contributed by atoms with Crippen LogP contribution in [0.5, 0.6) is 17.2 Å². The number of amides is 1. The maximum absolute atomic E-state index is 14.0. The van der Waals surface area contributed by atoms with Gasteiger partial charge in [-0.2, -0.15) is 0 Å². The van der Waals surface area contributed by atoms with Gasteiger partial charge in [0.05, 0.1) is 32.4 Å². The maximum Gasteiger partial charge on any atom is 0.226 e. The van der Waals surface area contributed by atoms with Crippen LogP contribution in [0.15, 0.2) is 78.2 Å². The molecule has 1 atom stereocenters. The van der Waals surface area contributed by atoms with E-state index in [1.54, 1.807) is 32.4 Å². The number of ether oxygens (including phenoxy) is 3. The Hall–Kier alpha value is -3.91. The number of aromatic nitrogens is 1. The van der Waals surface area contributed by atoms with Crippen LogP contribution in [0.25, 0.3) is 10.6 Å². The number of nitrogens with one attached hydrogen (secondary N) is 1. The molecule has 0 aliphatic carbocycles. The molecule has 3 aromatic carbocycles. The molecule has 180 valence electrons. The molecular weight excluding hydrogens is 467 g/mol. The summed E-state index contributed by atoms with van der Waals surface area (Å²) in [7, 11) is 3.17. The van der Waals surface area contributed by atoms with Crippen molar-refractivity contribution in [3.63, 3.8) is 0 Å². The van der Waals surface area contributed by atoms with Crippen molar-refractivity contribution < 1.29 is 23.4 Å². The Labute approximate surface area is 207 Å². The van der Waals surface area contributed by atoms with Gasteiger partial charge < -0.3 is 19.5 Å². The smallest absolute Gasteiger partial charge is 0.226 e. The second kappa shape index (κ2) is 11.5. The Morgan fingerprint density at radius 3 is 2.46 bits per heavy atom. The standard InChI is InChI=1S/C27H25FN2O4S/c1-32-24-13-12-19(14-25(24)33-2)27-29-20(17-35-27)15-26(31)30-22(18-8-4-3-5-9-18)16-34-23-11-7-6-10-21(23)28/h3-14,17,22H,15-16H2,1-2H3,(H,30,31). The summed E-state index contributed by atoms with van der Waals surface area (Å²) >= 11 is 1.45. The van der Waals surface area contributed by atoms with E-state index >= 15 is 0 Å². The van der Waals surface area contributed by atoms with Crippen molar-refractivity contribution in [2.75, 3.05) is 20.8 Å². The number of rotatable bonds is 10. The zero-order valence-corrected chi connectivity index (χ0v) is 20.2. The Morgan fingerprint density at radius 2 is 1.71 bits per heavy atom. The highest BCUT2D eigenvalue weighted by atomic mass is 32.1. The van der Waals surface area contributed by atoms with E-state index in [2.05, 4.69) is 10.3 Å². The number of methoxy groups -OCH3 is 2. The predicted molar refractivity (Wildman–Crippen MR) is 134 cm³/mol. The minimum absolute atomic E-state index is 0.0879. The number of carbonyl (C=O) groups excluding carboxylic acids is 1. The van der Waals surface area contributed by atoms with Gasteiger partial charge in [0, 0.05) is 10.9 Å². The number of nitrogens with zero attached hydrogens (tertiary/aromatic N) is 1. The third-order valence-electron chi connectivity index (χ3n) is 5.30. The first kappa shape index (κ1) is 24.2. The fraction of sp³-hybridized carbons (Fsp3) is 0.185. The van der Waals surface area contributed by atoms with Gasteiger partial charge in [0.15, 0.2) is 23.1 Å². The van der Waals surface area contributed by atoms with Gasteiger partial charge in [-0.15, -0.1) is 11.3 Å². The van der Waals surface area contributed by atoms with Gasteiger partial charge in [0.25, 0.3) is 0 Å². The Morgan fingerprint density at radius 1 is 0.971 bits per heavy atom. The number of halogens is 1. The van der Waals surface area contributed by atoms with Crippen LogP contribution in [0.1, 0.15) is 17.3 Å².